The third kappa shape index (κ3) is 2.22. The zero-order valence-corrected chi connectivity index (χ0v) is 10.8. The second-order valence-corrected chi connectivity index (χ2v) is 6.35. The summed E-state index contributed by atoms with van der Waals surface area (Å²) < 4.78 is 0. The van der Waals surface area contributed by atoms with E-state index < -0.39 is 0 Å². The van der Waals surface area contributed by atoms with E-state index in [2.05, 4.69) is 11.0 Å². The molecule has 0 amide bonds. The van der Waals surface area contributed by atoms with Gasteiger partial charge in [0.25, 0.3) is 0 Å². The molecule has 17 heavy (non-hydrogen) atoms. The molecule has 0 spiro atoms. The third-order valence-electron chi connectivity index (χ3n) is 5.37. The summed E-state index contributed by atoms with van der Waals surface area (Å²) in [5.41, 5.74) is 0. The number of nitrogens with zero attached hydrogens (tertiary/aromatic N) is 2. The molecule has 4 atom stereocenters. The molecule has 3 aliphatic rings. The number of rotatable bonds is 1. The number of nitriles is 1. The highest BCUT2D eigenvalue weighted by atomic mass is 15.2. The topological polar surface area (TPSA) is 27.0 Å². The highest BCUT2D eigenvalue weighted by Gasteiger charge is 2.40. The molecule has 4 unspecified atom stereocenters. The van der Waals surface area contributed by atoms with Crippen LogP contribution < -0.4 is 0 Å². The summed E-state index contributed by atoms with van der Waals surface area (Å²) >= 11 is 0. The van der Waals surface area contributed by atoms with E-state index in [4.69, 9.17) is 0 Å². The van der Waals surface area contributed by atoms with Gasteiger partial charge in [-0.15, -0.1) is 0 Å². The zero-order chi connectivity index (χ0) is 11.7. The van der Waals surface area contributed by atoms with E-state index in [-0.39, 0.29) is 0 Å². The van der Waals surface area contributed by atoms with Crippen molar-refractivity contribution in [3.8, 4) is 6.07 Å². The second-order valence-electron chi connectivity index (χ2n) is 6.35. The Balaban J connectivity index is 1.68. The van der Waals surface area contributed by atoms with Gasteiger partial charge in [0.15, 0.2) is 0 Å². The molecule has 0 radical (unpaired) electrons. The molecule has 3 rings (SSSR count). The van der Waals surface area contributed by atoms with Gasteiger partial charge in [0, 0.05) is 19.1 Å². The van der Waals surface area contributed by atoms with Gasteiger partial charge in [-0.1, -0.05) is 25.7 Å². The van der Waals surface area contributed by atoms with Crippen LogP contribution in [-0.4, -0.2) is 24.0 Å². The first-order valence-electron chi connectivity index (χ1n) is 7.52. The van der Waals surface area contributed by atoms with Gasteiger partial charge in [-0.3, -0.25) is 4.90 Å². The van der Waals surface area contributed by atoms with Gasteiger partial charge < -0.3 is 0 Å². The van der Waals surface area contributed by atoms with E-state index in [0.717, 1.165) is 18.3 Å². The van der Waals surface area contributed by atoms with Crippen molar-refractivity contribution in [3.63, 3.8) is 0 Å². The molecule has 2 aliphatic carbocycles. The Morgan fingerprint density at radius 2 is 1.53 bits per heavy atom. The van der Waals surface area contributed by atoms with Crippen molar-refractivity contribution in [3.05, 3.63) is 0 Å². The Morgan fingerprint density at radius 1 is 0.824 bits per heavy atom. The SMILES string of the molecule is N#CC1CCCCCC1N1CC2CCCC2C1. The lowest BCUT2D eigenvalue weighted by atomic mass is 9.95. The van der Waals surface area contributed by atoms with Crippen LogP contribution in [0.4, 0.5) is 0 Å². The highest BCUT2D eigenvalue weighted by Crippen LogP contribution is 2.40. The van der Waals surface area contributed by atoms with Crippen molar-refractivity contribution < 1.29 is 0 Å². The normalized spacial score (nSPS) is 43.0. The van der Waals surface area contributed by atoms with Gasteiger partial charge in [-0.2, -0.15) is 5.26 Å². The fourth-order valence-electron chi connectivity index (χ4n) is 4.42. The molecule has 0 bridgehead atoms. The lowest BCUT2D eigenvalue weighted by Crippen LogP contribution is -2.38. The Morgan fingerprint density at radius 3 is 2.24 bits per heavy atom. The lowest BCUT2D eigenvalue weighted by Gasteiger charge is -2.30. The monoisotopic (exact) mass is 232 g/mol. The Hall–Kier alpha value is -0.550. The van der Waals surface area contributed by atoms with Crippen molar-refractivity contribution in [2.45, 2.75) is 57.4 Å². The highest BCUT2D eigenvalue weighted by molar-refractivity contribution is 4.99. The number of hydrogen-bond acceptors (Lipinski definition) is 2. The van der Waals surface area contributed by atoms with Gasteiger partial charge in [-0.05, 0) is 37.5 Å². The molecule has 2 saturated carbocycles. The van der Waals surface area contributed by atoms with E-state index in [1.807, 2.05) is 0 Å². The van der Waals surface area contributed by atoms with Crippen LogP contribution >= 0.6 is 0 Å². The number of likely N-dealkylation sites (tertiary alicyclic amines) is 1. The van der Waals surface area contributed by atoms with Crippen LogP contribution in [0.1, 0.15) is 51.4 Å². The molecule has 2 heteroatoms. The molecular weight excluding hydrogens is 208 g/mol. The molecule has 0 aromatic carbocycles. The van der Waals surface area contributed by atoms with Crippen LogP contribution in [0, 0.1) is 29.1 Å². The summed E-state index contributed by atoms with van der Waals surface area (Å²) in [5.74, 6) is 2.26. The van der Waals surface area contributed by atoms with Crippen molar-refractivity contribution in [2.24, 2.45) is 17.8 Å². The largest absolute Gasteiger partial charge is 0.299 e. The summed E-state index contributed by atoms with van der Waals surface area (Å²) in [6.07, 6.45) is 10.7. The van der Waals surface area contributed by atoms with Gasteiger partial charge in [0.05, 0.1) is 12.0 Å². The summed E-state index contributed by atoms with van der Waals surface area (Å²) in [5, 5.41) is 9.37. The molecule has 1 heterocycles. The Bertz CT molecular complexity index is 295. The fraction of sp³-hybridized carbons (Fsp3) is 0.933. The molecule has 94 valence electrons. The first-order valence-corrected chi connectivity index (χ1v) is 7.52. The maximum absolute atomic E-state index is 9.37. The molecule has 1 saturated heterocycles. The average Bonchev–Trinajstić information content (AvgIpc) is 2.83. The van der Waals surface area contributed by atoms with Crippen LogP contribution in [0.25, 0.3) is 0 Å². The fourth-order valence-corrected chi connectivity index (χ4v) is 4.42. The minimum absolute atomic E-state index is 0.316. The lowest BCUT2D eigenvalue weighted by molar-refractivity contribution is 0.176. The molecule has 1 aliphatic heterocycles. The first-order chi connectivity index (χ1) is 8.38. The Kier molecular flexibility index (Phi) is 3.38. The van der Waals surface area contributed by atoms with Crippen molar-refractivity contribution in [1.29, 1.82) is 5.26 Å². The standard InChI is InChI=1S/C15H24N2/c16-9-12-5-2-1-3-8-15(12)17-10-13-6-4-7-14(13)11-17/h12-15H,1-8,10-11H2. The summed E-state index contributed by atoms with van der Waals surface area (Å²) in [7, 11) is 0. The maximum Gasteiger partial charge on any atom is 0.0672 e. The van der Waals surface area contributed by atoms with Gasteiger partial charge in [-0.25, -0.2) is 0 Å². The number of hydrogen-bond donors (Lipinski definition) is 0. The minimum atomic E-state index is 0.316. The minimum Gasteiger partial charge on any atom is -0.299 e. The molecule has 0 aromatic rings. The van der Waals surface area contributed by atoms with Crippen molar-refractivity contribution >= 4 is 0 Å². The Labute approximate surface area is 105 Å². The van der Waals surface area contributed by atoms with Crippen LogP contribution in [0.3, 0.4) is 0 Å². The van der Waals surface area contributed by atoms with Gasteiger partial charge >= 0.3 is 0 Å². The van der Waals surface area contributed by atoms with Crippen LogP contribution in [0.15, 0.2) is 0 Å². The predicted octanol–water partition coefficient (Wildman–Crippen LogP) is 3.19. The van der Waals surface area contributed by atoms with Crippen LogP contribution in [0.2, 0.25) is 0 Å². The average molecular weight is 232 g/mol. The van der Waals surface area contributed by atoms with Gasteiger partial charge in [0.1, 0.15) is 0 Å². The summed E-state index contributed by atoms with van der Waals surface area (Å²) in [6, 6.07) is 3.19. The van der Waals surface area contributed by atoms with Gasteiger partial charge in [0.2, 0.25) is 0 Å². The molecule has 2 nitrogen and oxygen atoms in total. The molecule has 0 N–H and O–H groups in total. The summed E-state index contributed by atoms with van der Waals surface area (Å²) in [4.78, 5) is 2.69. The van der Waals surface area contributed by atoms with Crippen molar-refractivity contribution in [2.75, 3.05) is 13.1 Å². The van der Waals surface area contributed by atoms with E-state index in [9.17, 15) is 5.26 Å². The van der Waals surface area contributed by atoms with E-state index in [1.165, 1.54) is 58.0 Å². The van der Waals surface area contributed by atoms with E-state index >= 15 is 0 Å². The zero-order valence-electron chi connectivity index (χ0n) is 10.8. The first kappa shape index (κ1) is 11.5. The third-order valence-corrected chi connectivity index (χ3v) is 5.37. The predicted molar refractivity (Wildman–Crippen MR) is 68.4 cm³/mol. The number of fused-ring (bicyclic) bond motifs is 1. The van der Waals surface area contributed by atoms with Crippen LogP contribution in [-0.2, 0) is 0 Å². The summed E-state index contributed by atoms with van der Waals surface area (Å²) in [6.45, 7) is 2.60. The smallest absolute Gasteiger partial charge is 0.0672 e. The van der Waals surface area contributed by atoms with E-state index in [1.54, 1.807) is 0 Å². The molecule has 3 fully saturated rings. The molecule has 0 aromatic heterocycles. The van der Waals surface area contributed by atoms with E-state index in [0.29, 0.717) is 12.0 Å². The van der Waals surface area contributed by atoms with Crippen molar-refractivity contribution in [1.82, 2.24) is 4.90 Å². The maximum atomic E-state index is 9.37. The molecular formula is C15H24N2. The quantitative estimate of drug-likeness (QED) is 0.649. The van der Waals surface area contributed by atoms with Crippen LogP contribution in [0.5, 0.6) is 0 Å². The second kappa shape index (κ2) is 4.98.